The highest BCUT2D eigenvalue weighted by atomic mass is 15.3. The number of nitrogens with one attached hydrogen (secondary N) is 1. The molecule has 0 radical (unpaired) electrons. The van der Waals surface area contributed by atoms with Crippen molar-refractivity contribution in [3.05, 3.63) is 204 Å². The maximum atomic E-state index is 5.21. The van der Waals surface area contributed by atoms with E-state index in [0.29, 0.717) is 5.84 Å². The first-order chi connectivity index (χ1) is 24.8. The summed E-state index contributed by atoms with van der Waals surface area (Å²) in [5.41, 5.74) is 11.5. The second kappa shape index (κ2) is 12.8. The molecule has 6 aromatic carbocycles. The molecule has 238 valence electrons. The SMILES string of the molecule is C1=CC(c2ccc(-c3ccccc3)cc2)=C/C(=C\c2cccc3c4ccccc4n(C4=NC(c5ccccc5)=NC(c5ccccc5)N4)c23)C1. The summed E-state index contributed by atoms with van der Waals surface area (Å²) in [5.74, 6) is 1.46. The lowest BCUT2D eigenvalue weighted by Crippen LogP contribution is -2.37. The van der Waals surface area contributed by atoms with Crippen LogP contribution in [0.2, 0.25) is 0 Å². The third kappa shape index (κ3) is 5.57. The van der Waals surface area contributed by atoms with Crippen LogP contribution >= 0.6 is 0 Å². The van der Waals surface area contributed by atoms with E-state index in [1.165, 1.54) is 38.6 Å². The number of aromatic nitrogens is 1. The molecule has 0 fully saturated rings. The highest BCUT2D eigenvalue weighted by Crippen LogP contribution is 2.35. The Kier molecular flexibility index (Phi) is 7.60. The van der Waals surface area contributed by atoms with E-state index in [1.54, 1.807) is 0 Å². The molecule has 1 unspecified atom stereocenters. The zero-order valence-corrected chi connectivity index (χ0v) is 27.4. The smallest absolute Gasteiger partial charge is 0.211 e. The molecule has 1 atom stereocenters. The van der Waals surface area contributed by atoms with E-state index in [1.807, 2.05) is 24.3 Å². The average Bonchev–Trinajstić information content (AvgIpc) is 3.54. The van der Waals surface area contributed by atoms with Crippen LogP contribution in [-0.4, -0.2) is 16.4 Å². The minimum Gasteiger partial charge on any atom is -0.330 e. The average molecular weight is 643 g/mol. The van der Waals surface area contributed by atoms with E-state index < -0.39 is 0 Å². The monoisotopic (exact) mass is 642 g/mol. The van der Waals surface area contributed by atoms with Gasteiger partial charge in [0.2, 0.25) is 5.96 Å². The fraction of sp³-hybridized carbons (Fsp3) is 0.0435. The number of para-hydroxylation sites is 2. The van der Waals surface area contributed by atoms with Crippen molar-refractivity contribution < 1.29 is 0 Å². The summed E-state index contributed by atoms with van der Waals surface area (Å²) in [5, 5.41) is 6.09. The molecule has 2 heterocycles. The lowest BCUT2D eigenvalue weighted by atomic mass is 9.93. The first kappa shape index (κ1) is 29.6. The first-order valence-corrected chi connectivity index (χ1v) is 17.1. The molecule has 0 spiro atoms. The molecule has 1 N–H and O–H groups in total. The third-order valence-electron chi connectivity index (χ3n) is 9.47. The molecule has 4 nitrogen and oxygen atoms in total. The van der Waals surface area contributed by atoms with Gasteiger partial charge in [0.05, 0.1) is 11.0 Å². The Bertz CT molecular complexity index is 2500. The van der Waals surface area contributed by atoms with Crippen molar-refractivity contribution in [3.8, 4) is 11.1 Å². The van der Waals surface area contributed by atoms with Crippen LogP contribution in [0.5, 0.6) is 0 Å². The maximum absolute atomic E-state index is 5.21. The van der Waals surface area contributed by atoms with Crippen LogP contribution < -0.4 is 5.32 Å². The molecular formula is C46H34N4. The van der Waals surface area contributed by atoms with E-state index >= 15 is 0 Å². The fourth-order valence-electron chi connectivity index (χ4n) is 7.05. The molecular weight excluding hydrogens is 609 g/mol. The van der Waals surface area contributed by atoms with Gasteiger partial charge < -0.3 is 5.32 Å². The molecule has 7 aromatic rings. The van der Waals surface area contributed by atoms with Gasteiger partial charge in [-0.05, 0) is 57.5 Å². The summed E-state index contributed by atoms with van der Waals surface area (Å²) >= 11 is 0. The molecule has 0 saturated carbocycles. The van der Waals surface area contributed by atoms with Gasteiger partial charge in [0.25, 0.3) is 0 Å². The summed E-state index contributed by atoms with van der Waals surface area (Å²) in [6.45, 7) is 0. The summed E-state index contributed by atoms with van der Waals surface area (Å²) < 4.78 is 2.29. The summed E-state index contributed by atoms with van der Waals surface area (Å²) in [4.78, 5) is 10.3. The van der Waals surface area contributed by atoms with Gasteiger partial charge in [-0.25, -0.2) is 4.99 Å². The molecule has 50 heavy (non-hydrogen) atoms. The molecule has 9 rings (SSSR count). The van der Waals surface area contributed by atoms with Crippen LogP contribution in [0.15, 0.2) is 192 Å². The van der Waals surface area contributed by atoms with Gasteiger partial charge in [-0.3, -0.25) is 4.57 Å². The fourth-order valence-corrected chi connectivity index (χ4v) is 7.05. The van der Waals surface area contributed by atoms with E-state index in [-0.39, 0.29) is 6.17 Å². The normalized spacial score (nSPS) is 16.6. The highest BCUT2D eigenvalue weighted by Gasteiger charge is 2.24. The van der Waals surface area contributed by atoms with E-state index in [9.17, 15) is 0 Å². The second-order valence-corrected chi connectivity index (χ2v) is 12.7. The van der Waals surface area contributed by atoms with Gasteiger partial charge in [-0.1, -0.05) is 170 Å². The molecule has 0 saturated heterocycles. The molecule has 1 aliphatic carbocycles. The molecule has 1 aliphatic heterocycles. The van der Waals surface area contributed by atoms with Crippen LogP contribution in [0.3, 0.4) is 0 Å². The lowest BCUT2D eigenvalue weighted by Gasteiger charge is -2.25. The molecule has 2 aliphatic rings. The number of aliphatic imine (C=N–C) groups is 2. The largest absolute Gasteiger partial charge is 0.330 e. The van der Waals surface area contributed by atoms with Crippen molar-refractivity contribution in [2.45, 2.75) is 12.6 Å². The van der Waals surface area contributed by atoms with Gasteiger partial charge in [0.15, 0.2) is 5.84 Å². The van der Waals surface area contributed by atoms with Crippen molar-refractivity contribution >= 4 is 45.3 Å². The summed E-state index contributed by atoms with van der Waals surface area (Å²) in [6.07, 6.45) is 9.74. The first-order valence-electron chi connectivity index (χ1n) is 17.1. The molecule has 1 aromatic heterocycles. The predicted molar refractivity (Wildman–Crippen MR) is 209 cm³/mol. The van der Waals surface area contributed by atoms with Gasteiger partial charge in [0, 0.05) is 16.3 Å². The van der Waals surface area contributed by atoms with Gasteiger partial charge in [0.1, 0.15) is 6.17 Å². The highest BCUT2D eigenvalue weighted by molar-refractivity contribution is 6.18. The van der Waals surface area contributed by atoms with Crippen molar-refractivity contribution in [2.75, 3.05) is 0 Å². The van der Waals surface area contributed by atoms with Crippen molar-refractivity contribution in [1.82, 2.24) is 9.88 Å². The Morgan fingerprint density at radius 3 is 2.02 bits per heavy atom. The number of allylic oxidation sites excluding steroid dienone is 5. The van der Waals surface area contributed by atoms with Crippen LogP contribution in [0.25, 0.3) is 44.6 Å². The van der Waals surface area contributed by atoms with E-state index in [0.717, 1.165) is 40.1 Å². The number of rotatable bonds is 5. The Hall–Kier alpha value is -6.52. The van der Waals surface area contributed by atoms with Crippen LogP contribution in [0, 0.1) is 0 Å². The Balaban J connectivity index is 1.17. The minimum absolute atomic E-state index is 0.289. The van der Waals surface area contributed by atoms with Crippen LogP contribution in [0.4, 0.5) is 0 Å². The minimum atomic E-state index is -0.289. The van der Waals surface area contributed by atoms with Gasteiger partial charge >= 0.3 is 0 Å². The van der Waals surface area contributed by atoms with E-state index in [4.69, 9.17) is 9.98 Å². The number of benzene rings is 6. The third-order valence-corrected chi connectivity index (χ3v) is 9.47. The Morgan fingerprint density at radius 2 is 1.24 bits per heavy atom. The zero-order valence-electron chi connectivity index (χ0n) is 27.4. The summed E-state index contributed by atoms with van der Waals surface area (Å²) in [7, 11) is 0. The molecule has 0 amide bonds. The number of hydrogen-bond acceptors (Lipinski definition) is 3. The van der Waals surface area contributed by atoms with Crippen molar-refractivity contribution in [3.63, 3.8) is 0 Å². The predicted octanol–water partition coefficient (Wildman–Crippen LogP) is 10.8. The number of hydrogen-bond donors (Lipinski definition) is 1. The van der Waals surface area contributed by atoms with Crippen molar-refractivity contribution in [1.29, 1.82) is 0 Å². The lowest BCUT2D eigenvalue weighted by molar-refractivity contribution is 0.661. The van der Waals surface area contributed by atoms with Gasteiger partial charge in [-0.15, -0.1) is 0 Å². The molecule has 0 bridgehead atoms. The van der Waals surface area contributed by atoms with Gasteiger partial charge in [-0.2, -0.15) is 4.99 Å². The van der Waals surface area contributed by atoms with Crippen LogP contribution in [0.1, 0.15) is 34.8 Å². The Labute approximate surface area is 291 Å². The van der Waals surface area contributed by atoms with Crippen LogP contribution in [-0.2, 0) is 0 Å². The number of nitrogens with zero attached hydrogens (tertiary/aromatic N) is 3. The van der Waals surface area contributed by atoms with E-state index in [2.05, 4.69) is 168 Å². The standard InChI is InChI=1S/C46H34N4/c1-4-15-33(16-5-1)34-26-28-35(29-27-34)38-21-12-14-32(30-38)31-39-22-13-24-41-40-23-10-11-25-42(40)50(43(39)41)46-48-44(36-17-6-2-7-18-36)47-45(49-46)37-19-8-3-9-20-37/h1-13,15-31,44H,14H2,(H,47,48,49)/b32-31-. The van der Waals surface area contributed by atoms with Crippen molar-refractivity contribution in [2.24, 2.45) is 9.98 Å². The molecule has 4 heteroatoms. The number of amidine groups is 1. The topological polar surface area (TPSA) is 41.7 Å². The number of fused-ring (bicyclic) bond motifs is 3. The zero-order chi connectivity index (χ0) is 33.3. The summed E-state index contributed by atoms with van der Waals surface area (Å²) in [6, 6.07) is 55.2. The maximum Gasteiger partial charge on any atom is 0.211 e. The second-order valence-electron chi connectivity index (χ2n) is 12.7. The Morgan fingerprint density at radius 1 is 0.600 bits per heavy atom. The quantitative estimate of drug-likeness (QED) is 0.199.